The highest BCUT2D eigenvalue weighted by Gasteiger charge is 2.52. The summed E-state index contributed by atoms with van der Waals surface area (Å²) >= 11 is 0. The molecule has 2 atom stereocenters. The molecule has 5 rings (SSSR count). The number of allylic oxidation sites excluding steroid dienone is 2. The molecule has 4 amide bonds. The summed E-state index contributed by atoms with van der Waals surface area (Å²) in [6.07, 6.45) is 9.08. The molecule has 1 aliphatic carbocycles. The Bertz CT molecular complexity index is 1290. The molecule has 0 bridgehead atoms. The van der Waals surface area contributed by atoms with Gasteiger partial charge in [0, 0.05) is 26.1 Å². The predicted molar refractivity (Wildman–Crippen MR) is 155 cm³/mol. The molecule has 3 aliphatic rings. The lowest BCUT2D eigenvalue weighted by atomic mass is 9.99. The molecule has 40 heavy (non-hydrogen) atoms. The quantitative estimate of drug-likeness (QED) is 0.520. The first-order valence-corrected chi connectivity index (χ1v) is 14.3. The molecule has 2 aromatic rings. The third-order valence-electron chi connectivity index (χ3n) is 7.96. The molecule has 0 unspecified atom stereocenters. The molecule has 8 nitrogen and oxygen atoms in total. The van der Waals surface area contributed by atoms with Crippen molar-refractivity contribution in [2.75, 3.05) is 26.2 Å². The topological polar surface area (TPSA) is 76.2 Å². The molecule has 2 heterocycles. The monoisotopic (exact) mass is 541 g/mol. The van der Waals surface area contributed by atoms with Gasteiger partial charge in [-0.25, -0.2) is 4.79 Å². The summed E-state index contributed by atoms with van der Waals surface area (Å²) in [6, 6.07) is 17.1. The second kappa shape index (κ2) is 12.5. The van der Waals surface area contributed by atoms with Gasteiger partial charge in [-0.05, 0) is 48.4 Å². The molecule has 2 saturated heterocycles. The van der Waals surface area contributed by atoms with Gasteiger partial charge in [0.15, 0.2) is 0 Å². The van der Waals surface area contributed by atoms with Crippen molar-refractivity contribution in [1.29, 1.82) is 0 Å². The number of piperazine rings is 1. The van der Waals surface area contributed by atoms with Crippen LogP contribution in [0.3, 0.4) is 0 Å². The number of urea groups is 1. The van der Waals surface area contributed by atoms with E-state index in [2.05, 4.69) is 23.5 Å². The molecule has 2 fully saturated rings. The molecular formula is C32H39N5O3. The zero-order valence-electron chi connectivity index (χ0n) is 23.5. The van der Waals surface area contributed by atoms with Gasteiger partial charge in [0.05, 0.1) is 13.1 Å². The minimum absolute atomic E-state index is 0.0546. The van der Waals surface area contributed by atoms with Gasteiger partial charge in [0.1, 0.15) is 12.2 Å². The minimum Gasteiger partial charge on any atom is -0.333 e. The molecule has 2 aromatic carbocycles. The van der Waals surface area contributed by atoms with Crippen molar-refractivity contribution >= 4 is 17.8 Å². The van der Waals surface area contributed by atoms with Crippen LogP contribution in [-0.2, 0) is 22.6 Å². The maximum Gasteiger partial charge on any atom is 0.332 e. The van der Waals surface area contributed by atoms with Gasteiger partial charge in [-0.15, -0.1) is 0 Å². The minimum atomic E-state index is -0.633. The first kappa shape index (κ1) is 27.6. The van der Waals surface area contributed by atoms with E-state index in [1.54, 1.807) is 9.91 Å². The molecule has 0 radical (unpaired) electrons. The van der Waals surface area contributed by atoms with Crippen molar-refractivity contribution in [2.24, 2.45) is 0 Å². The number of amides is 4. The Morgan fingerprint density at radius 2 is 1.82 bits per heavy atom. The fraction of sp³-hybridized carbons (Fsp3) is 0.406. The van der Waals surface area contributed by atoms with Crippen LogP contribution in [-0.4, -0.2) is 76.0 Å². The summed E-state index contributed by atoms with van der Waals surface area (Å²) in [5.41, 5.74) is 4.29. The predicted octanol–water partition coefficient (Wildman–Crippen LogP) is 4.03. The summed E-state index contributed by atoms with van der Waals surface area (Å²) < 4.78 is 0. The fourth-order valence-electron chi connectivity index (χ4n) is 5.85. The molecule has 1 N–H and O–H groups in total. The Balaban J connectivity index is 1.42. The smallest absolute Gasteiger partial charge is 0.332 e. The van der Waals surface area contributed by atoms with Crippen LogP contribution in [0.1, 0.15) is 42.9 Å². The average molecular weight is 542 g/mol. The van der Waals surface area contributed by atoms with Gasteiger partial charge in [0.25, 0.3) is 0 Å². The number of carbonyl (C=O) groups is 3. The maximum absolute atomic E-state index is 14.0. The van der Waals surface area contributed by atoms with Crippen molar-refractivity contribution in [1.82, 2.24) is 25.1 Å². The zero-order chi connectivity index (χ0) is 28.1. The van der Waals surface area contributed by atoms with E-state index in [1.807, 2.05) is 78.4 Å². The number of hydrazine groups is 1. The van der Waals surface area contributed by atoms with Crippen LogP contribution in [0.2, 0.25) is 0 Å². The lowest BCUT2D eigenvalue weighted by Crippen LogP contribution is -2.66. The van der Waals surface area contributed by atoms with Crippen LogP contribution in [0, 0.1) is 6.92 Å². The van der Waals surface area contributed by atoms with Gasteiger partial charge >= 0.3 is 6.03 Å². The molecular weight excluding hydrogens is 502 g/mol. The van der Waals surface area contributed by atoms with E-state index >= 15 is 0 Å². The third kappa shape index (κ3) is 5.97. The van der Waals surface area contributed by atoms with Gasteiger partial charge in [-0.1, -0.05) is 79.7 Å². The Hall–Kier alpha value is -3.91. The van der Waals surface area contributed by atoms with E-state index < -0.39 is 12.2 Å². The molecule has 8 heteroatoms. The number of benzene rings is 2. The van der Waals surface area contributed by atoms with Gasteiger partial charge in [-0.3, -0.25) is 14.6 Å². The highest BCUT2D eigenvalue weighted by Crippen LogP contribution is 2.30. The molecule has 0 spiro atoms. The van der Waals surface area contributed by atoms with E-state index in [1.165, 1.54) is 0 Å². The summed E-state index contributed by atoms with van der Waals surface area (Å²) in [7, 11) is 0. The number of hydrogen-bond acceptors (Lipinski definition) is 4. The van der Waals surface area contributed by atoms with Crippen LogP contribution in [0.4, 0.5) is 4.79 Å². The van der Waals surface area contributed by atoms with Crippen molar-refractivity contribution < 1.29 is 14.4 Å². The third-order valence-corrected chi connectivity index (χ3v) is 7.96. The van der Waals surface area contributed by atoms with Crippen LogP contribution in [0.5, 0.6) is 0 Å². The number of fused-ring (bicyclic) bond motifs is 1. The van der Waals surface area contributed by atoms with E-state index in [0.29, 0.717) is 32.6 Å². The van der Waals surface area contributed by atoms with E-state index in [0.717, 1.165) is 41.5 Å². The highest BCUT2D eigenvalue weighted by atomic mass is 16.2. The SMILES string of the molecule is CCCN(C(=O)NCC1=CCCC=C1)N1CC(=O)N2[C@@H](Cc3ccccc3)C(=O)N(Cc3ccccc3C)C[C@@H]21. The van der Waals surface area contributed by atoms with Gasteiger partial charge in [-0.2, -0.15) is 5.01 Å². The first-order chi connectivity index (χ1) is 19.5. The van der Waals surface area contributed by atoms with Crippen molar-refractivity contribution in [3.63, 3.8) is 0 Å². The Morgan fingerprint density at radius 3 is 2.55 bits per heavy atom. The molecule has 0 saturated carbocycles. The highest BCUT2D eigenvalue weighted by molar-refractivity contribution is 5.91. The molecule has 0 aromatic heterocycles. The number of carbonyl (C=O) groups excluding carboxylic acids is 3. The lowest BCUT2D eigenvalue weighted by molar-refractivity contribution is -0.157. The molecule has 210 valence electrons. The Labute approximate surface area is 236 Å². The largest absolute Gasteiger partial charge is 0.333 e. The Kier molecular flexibility index (Phi) is 8.65. The van der Waals surface area contributed by atoms with E-state index in [9.17, 15) is 14.4 Å². The Morgan fingerprint density at radius 1 is 1.05 bits per heavy atom. The number of nitrogens with zero attached hydrogens (tertiary/aromatic N) is 4. The summed E-state index contributed by atoms with van der Waals surface area (Å²) in [5.74, 6) is -0.178. The normalized spacial score (nSPS) is 20.9. The van der Waals surface area contributed by atoms with Crippen LogP contribution in [0.25, 0.3) is 0 Å². The second-order valence-electron chi connectivity index (χ2n) is 10.8. The lowest BCUT2D eigenvalue weighted by Gasteiger charge is -2.46. The van der Waals surface area contributed by atoms with Crippen LogP contribution in [0.15, 0.2) is 78.4 Å². The number of nitrogens with one attached hydrogen (secondary N) is 1. The number of rotatable bonds is 9. The van der Waals surface area contributed by atoms with Crippen LogP contribution >= 0.6 is 0 Å². The fourth-order valence-corrected chi connectivity index (χ4v) is 5.85. The number of hydrogen-bond donors (Lipinski definition) is 1. The summed E-state index contributed by atoms with van der Waals surface area (Å²) in [5, 5.41) is 6.61. The first-order valence-electron chi connectivity index (χ1n) is 14.3. The second-order valence-corrected chi connectivity index (χ2v) is 10.8. The molecule has 2 aliphatic heterocycles. The average Bonchev–Trinajstić information content (AvgIpc) is 3.30. The number of aryl methyl sites for hydroxylation is 1. The summed E-state index contributed by atoms with van der Waals surface area (Å²) in [6.45, 7) is 5.86. The van der Waals surface area contributed by atoms with Crippen molar-refractivity contribution in [3.8, 4) is 0 Å². The maximum atomic E-state index is 14.0. The van der Waals surface area contributed by atoms with Crippen molar-refractivity contribution in [3.05, 3.63) is 95.1 Å². The van der Waals surface area contributed by atoms with E-state index in [4.69, 9.17) is 0 Å². The van der Waals surface area contributed by atoms with Crippen molar-refractivity contribution in [2.45, 2.75) is 58.3 Å². The van der Waals surface area contributed by atoms with Gasteiger partial charge < -0.3 is 15.1 Å². The summed E-state index contributed by atoms with van der Waals surface area (Å²) in [4.78, 5) is 44.6. The standard InChI is InChI=1S/C32H39N5O3/c1-3-18-35(32(40)33-20-26-15-8-5-9-16-26)36-23-30(38)37-28(19-25-13-6-4-7-14-25)31(39)34(22-29(36)37)21-27-17-11-10-12-24(27)2/h4,6-8,10-17,28-29H,3,5,9,18-23H2,1-2H3,(H,33,40)/t28-,29+/m0/s1. The van der Waals surface area contributed by atoms with Crippen LogP contribution < -0.4 is 5.32 Å². The van der Waals surface area contributed by atoms with E-state index in [-0.39, 0.29) is 24.4 Å². The zero-order valence-corrected chi connectivity index (χ0v) is 23.5. The van der Waals surface area contributed by atoms with Gasteiger partial charge in [0.2, 0.25) is 11.8 Å².